The second kappa shape index (κ2) is 9.77. The van der Waals surface area contributed by atoms with E-state index in [2.05, 4.69) is 40.3 Å². The van der Waals surface area contributed by atoms with Crippen LogP contribution >= 0.6 is 0 Å². The zero-order chi connectivity index (χ0) is 24.3. The fourth-order valence-electron chi connectivity index (χ4n) is 4.02. The first-order chi connectivity index (χ1) is 15.5. The quantitative estimate of drug-likeness (QED) is 0.353. The van der Waals surface area contributed by atoms with Crippen LogP contribution in [0.25, 0.3) is 11.4 Å². The summed E-state index contributed by atoms with van der Waals surface area (Å²) in [5.41, 5.74) is -0.376. The number of hydrogen-bond acceptors (Lipinski definition) is 7. The largest absolute Gasteiger partial charge is 0.476 e. The summed E-state index contributed by atoms with van der Waals surface area (Å²) in [6.45, 7) is 6.19. The molecule has 1 aliphatic rings. The minimum absolute atomic E-state index is 0.00479. The number of amides is 1. The van der Waals surface area contributed by atoms with Crippen molar-refractivity contribution in [2.45, 2.75) is 51.5 Å². The van der Waals surface area contributed by atoms with Crippen LogP contribution in [0.3, 0.4) is 0 Å². The monoisotopic (exact) mass is 477 g/mol. The first-order valence-corrected chi connectivity index (χ1v) is 14.4. The molecular weight excluding hydrogens is 449 g/mol. The second-order valence-corrected chi connectivity index (χ2v) is 14.8. The number of methoxy groups -OCH3 is 1. The maximum atomic E-state index is 14.8. The number of anilines is 1. The zero-order valence-electron chi connectivity index (χ0n) is 19.1. The van der Waals surface area contributed by atoms with Crippen LogP contribution in [0.4, 0.5) is 10.1 Å². The van der Waals surface area contributed by atoms with Crippen molar-refractivity contribution >= 4 is 31.6 Å². The summed E-state index contributed by atoms with van der Waals surface area (Å²) in [7, 11) is -0.435. The summed E-state index contributed by atoms with van der Waals surface area (Å²) in [4.78, 5) is 40.5. The molecule has 1 fully saturated rings. The molecule has 2 heterocycles. The van der Waals surface area contributed by atoms with Gasteiger partial charge in [0.25, 0.3) is 0 Å². The van der Waals surface area contributed by atoms with E-state index in [4.69, 9.17) is 4.74 Å². The van der Waals surface area contributed by atoms with Gasteiger partial charge in [0, 0.05) is 6.17 Å². The number of hydrogen-bond donors (Lipinski definition) is 2. The van der Waals surface area contributed by atoms with E-state index < -0.39 is 43.7 Å². The number of aromatic nitrogens is 4. The predicted molar refractivity (Wildman–Crippen MR) is 120 cm³/mol. The van der Waals surface area contributed by atoms with Crippen molar-refractivity contribution in [3.05, 3.63) is 23.8 Å². The van der Waals surface area contributed by atoms with Crippen LogP contribution in [-0.4, -0.2) is 58.1 Å². The lowest BCUT2D eigenvalue weighted by molar-refractivity contribution is -0.151. The lowest BCUT2D eigenvalue weighted by atomic mass is 9.78. The number of pyridine rings is 1. The molecule has 2 atom stereocenters. The molecule has 1 saturated carbocycles. The van der Waals surface area contributed by atoms with Gasteiger partial charge in [-0.3, -0.25) is 9.59 Å². The van der Waals surface area contributed by atoms with Gasteiger partial charge >= 0.3 is 11.9 Å². The molecule has 0 unspecified atom stereocenters. The van der Waals surface area contributed by atoms with Gasteiger partial charge in [-0.25, -0.2) is 14.5 Å². The van der Waals surface area contributed by atoms with Gasteiger partial charge in [0.1, 0.15) is 5.69 Å². The third-order valence-corrected chi connectivity index (χ3v) is 6.77. The number of nitrogens with one attached hydrogen (secondary N) is 1. The summed E-state index contributed by atoms with van der Waals surface area (Å²) < 4.78 is 20.9. The van der Waals surface area contributed by atoms with Crippen molar-refractivity contribution in [2.24, 2.45) is 11.8 Å². The number of carboxylic acids is 1. The minimum Gasteiger partial charge on any atom is -0.476 e. The molecule has 1 amide bonds. The van der Waals surface area contributed by atoms with Crippen molar-refractivity contribution < 1.29 is 28.6 Å². The summed E-state index contributed by atoms with van der Waals surface area (Å²) >= 11 is 0. The number of carbonyl (C=O) groups is 3. The molecule has 1 aliphatic carbocycles. The fraction of sp³-hybridized carbons (Fsp3) is 0.524. The molecule has 0 aliphatic heterocycles. The maximum absolute atomic E-state index is 14.8. The van der Waals surface area contributed by atoms with E-state index in [9.17, 15) is 23.9 Å². The number of rotatable bonds is 7. The van der Waals surface area contributed by atoms with Crippen molar-refractivity contribution in [1.29, 1.82) is 0 Å². The predicted octanol–water partition coefficient (Wildman–Crippen LogP) is 2.97. The zero-order valence-corrected chi connectivity index (χ0v) is 20.1. The van der Waals surface area contributed by atoms with Gasteiger partial charge in [-0.15, -0.1) is 5.10 Å². The van der Waals surface area contributed by atoms with Gasteiger partial charge in [-0.2, -0.15) is 4.39 Å². The minimum atomic E-state index is -1.71. The van der Waals surface area contributed by atoms with Crippen LogP contribution in [0.15, 0.2) is 12.1 Å². The lowest BCUT2D eigenvalue weighted by Gasteiger charge is -2.28. The van der Waals surface area contributed by atoms with Gasteiger partial charge in [0.05, 0.1) is 38.4 Å². The number of carboxylic acid groups (broad SMARTS) is 1. The summed E-state index contributed by atoms with van der Waals surface area (Å²) in [5, 5.41) is 20.0. The van der Waals surface area contributed by atoms with Crippen LogP contribution < -0.4 is 5.32 Å². The molecule has 0 spiro atoms. The molecule has 0 saturated heterocycles. The fourth-order valence-corrected chi connectivity index (χ4v) is 5.14. The molecule has 10 nitrogen and oxygen atoms in total. The van der Waals surface area contributed by atoms with E-state index in [0.29, 0.717) is 19.0 Å². The summed E-state index contributed by atoms with van der Waals surface area (Å²) in [5.74, 6) is -4.34. The number of nitrogens with zero attached hydrogens (tertiary/aromatic N) is 4. The van der Waals surface area contributed by atoms with Gasteiger partial charge in [0.15, 0.2) is 5.69 Å². The van der Waals surface area contributed by atoms with Crippen molar-refractivity contribution in [3.8, 4) is 11.4 Å². The molecule has 2 aromatic heterocycles. The molecule has 12 heteroatoms. The normalized spacial score (nSPS) is 18.6. The lowest BCUT2D eigenvalue weighted by Crippen LogP contribution is -2.36. The summed E-state index contributed by atoms with van der Waals surface area (Å²) in [6.07, 6.45) is 3.08. The van der Waals surface area contributed by atoms with E-state index in [1.165, 1.54) is 23.9 Å². The number of aromatic carboxylic acids is 1. The highest BCUT2D eigenvalue weighted by Crippen LogP contribution is 2.32. The Morgan fingerprint density at radius 2 is 1.88 bits per heavy atom. The molecule has 178 valence electrons. The molecule has 3 rings (SSSR count). The molecular formula is C21H28FN5O5Si. The van der Waals surface area contributed by atoms with Gasteiger partial charge < -0.3 is 15.2 Å². The van der Waals surface area contributed by atoms with Gasteiger partial charge in [0.2, 0.25) is 11.9 Å². The highest BCUT2D eigenvalue weighted by atomic mass is 28.3. The van der Waals surface area contributed by atoms with Crippen LogP contribution in [0, 0.1) is 17.8 Å². The molecule has 2 N–H and O–H groups in total. The SMILES string of the molecule is COC(=O)[C@H]1CCCC[C@@H]1C(=O)Nc1ccc(-c2nnn(C[Si](C)(C)C)c2C(=O)O)nc1F. The van der Waals surface area contributed by atoms with E-state index >= 15 is 0 Å². The number of esters is 1. The van der Waals surface area contributed by atoms with Crippen LogP contribution in [0.1, 0.15) is 36.2 Å². The Labute approximate surface area is 191 Å². The van der Waals surface area contributed by atoms with Crippen molar-refractivity contribution in [3.63, 3.8) is 0 Å². The van der Waals surface area contributed by atoms with E-state index in [1.54, 1.807) is 0 Å². The Balaban J connectivity index is 1.84. The Morgan fingerprint density at radius 3 is 2.45 bits per heavy atom. The molecule has 0 aromatic carbocycles. The molecule has 0 bridgehead atoms. The molecule has 33 heavy (non-hydrogen) atoms. The Hall–Kier alpha value is -3.15. The van der Waals surface area contributed by atoms with E-state index in [-0.39, 0.29) is 22.8 Å². The van der Waals surface area contributed by atoms with Crippen LogP contribution in [0.5, 0.6) is 0 Å². The van der Waals surface area contributed by atoms with E-state index in [1.807, 2.05) is 0 Å². The number of carbonyl (C=O) groups excluding carboxylic acids is 2. The smallest absolute Gasteiger partial charge is 0.356 e. The first-order valence-electron chi connectivity index (χ1n) is 10.7. The third kappa shape index (κ3) is 5.62. The van der Waals surface area contributed by atoms with E-state index in [0.717, 1.165) is 12.8 Å². The number of halogens is 1. The van der Waals surface area contributed by atoms with Crippen LogP contribution in [0.2, 0.25) is 19.6 Å². The highest BCUT2D eigenvalue weighted by molar-refractivity contribution is 6.74. The first kappa shape index (κ1) is 24.5. The topological polar surface area (TPSA) is 136 Å². The average Bonchev–Trinajstić information content (AvgIpc) is 3.16. The van der Waals surface area contributed by atoms with Crippen molar-refractivity contribution in [1.82, 2.24) is 20.0 Å². The highest BCUT2D eigenvalue weighted by Gasteiger charge is 2.37. The van der Waals surface area contributed by atoms with Crippen LogP contribution in [-0.2, 0) is 20.5 Å². The van der Waals surface area contributed by atoms with Gasteiger partial charge in [-0.05, 0) is 25.0 Å². The Kier molecular flexibility index (Phi) is 7.25. The standard InChI is InChI=1S/C21H28FN5O5Si/c1-32-21(31)13-8-6-5-7-12(13)19(28)24-15-10-9-14(23-18(15)22)16-17(20(29)30)27(26-25-16)11-33(2,3)4/h9-10,12-13H,5-8,11H2,1-4H3,(H,24,28)(H,29,30)/t12-,13-/m0/s1. The molecule has 0 radical (unpaired) electrons. The maximum Gasteiger partial charge on any atom is 0.356 e. The van der Waals surface area contributed by atoms with Crippen molar-refractivity contribution in [2.75, 3.05) is 12.4 Å². The third-order valence-electron chi connectivity index (χ3n) is 5.52. The second-order valence-electron chi connectivity index (χ2n) is 9.35. The molecule has 2 aromatic rings. The Bertz CT molecular complexity index is 1070. The average molecular weight is 478 g/mol. The van der Waals surface area contributed by atoms with Gasteiger partial charge in [-0.1, -0.05) is 37.7 Å². The number of ether oxygens (including phenoxy) is 1. The summed E-state index contributed by atoms with van der Waals surface area (Å²) in [6, 6.07) is 2.68. The Morgan fingerprint density at radius 1 is 1.21 bits per heavy atom.